The first-order valence-corrected chi connectivity index (χ1v) is 4.01. The Bertz CT molecular complexity index is 302. The summed E-state index contributed by atoms with van der Waals surface area (Å²) in [6, 6.07) is 1.12. The van der Waals surface area contributed by atoms with Gasteiger partial charge in [0, 0.05) is 6.07 Å². The highest BCUT2D eigenvalue weighted by Gasteiger charge is 2.40. The molecule has 0 aliphatic heterocycles. The largest absolute Gasteiger partial charge is 0.508 e. The highest BCUT2D eigenvalue weighted by atomic mass is 32.2. The molecule has 0 bridgehead atoms. The molecule has 1 aromatic rings. The topological polar surface area (TPSA) is 52.1 Å². The number of nitrogens with zero attached hydrogens (tertiary/aromatic N) is 2. The average molecular weight is 212 g/mol. The van der Waals surface area contributed by atoms with Gasteiger partial charge in [0.25, 0.3) is 0 Å². The van der Waals surface area contributed by atoms with Crippen LogP contribution >= 0.6 is 0 Å². The van der Waals surface area contributed by atoms with E-state index in [0.717, 1.165) is 18.5 Å². The monoisotopic (exact) mass is 212 g/mol. The average Bonchev–Trinajstić information content (AvgIpc) is 2.04. The zero-order valence-corrected chi connectivity index (χ0v) is 6.80. The van der Waals surface area contributed by atoms with Crippen molar-refractivity contribution in [3.05, 3.63) is 18.5 Å². The van der Waals surface area contributed by atoms with Crippen LogP contribution in [-0.4, -0.2) is 19.9 Å². The third kappa shape index (κ3) is 2.98. The molecule has 1 aromatic heterocycles. The maximum Gasteiger partial charge on any atom is 0.508 e. The van der Waals surface area contributed by atoms with E-state index in [1.54, 1.807) is 0 Å². The standard InChI is InChI=1S/C5H3F3N2O2S/c6-5(7,8)13(11)12-4-1-2-9-10-3-4/h1-3H. The second-order valence-electron chi connectivity index (χ2n) is 1.84. The predicted molar refractivity (Wildman–Crippen MR) is 36.9 cm³/mol. The van der Waals surface area contributed by atoms with Crippen LogP contribution in [0.5, 0.6) is 5.75 Å². The quantitative estimate of drug-likeness (QED) is 0.734. The van der Waals surface area contributed by atoms with Crippen LogP contribution in [0.4, 0.5) is 13.2 Å². The second-order valence-corrected chi connectivity index (χ2v) is 2.94. The van der Waals surface area contributed by atoms with Gasteiger partial charge in [0.1, 0.15) is 0 Å². The van der Waals surface area contributed by atoms with Crippen molar-refractivity contribution in [1.82, 2.24) is 10.2 Å². The van der Waals surface area contributed by atoms with Gasteiger partial charge in [-0.05, 0) is 0 Å². The molecule has 4 nitrogen and oxygen atoms in total. The van der Waals surface area contributed by atoms with E-state index in [2.05, 4.69) is 14.4 Å². The summed E-state index contributed by atoms with van der Waals surface area (Å²) in [5.41, 5.74) is -4.89. The number of hydrogen-bond acceptors (Lipinski definition) is 4. The molecule has 0 aromatic carbocycles. The molecule has 1 unspecified atom stereocenters. The number of halogens is 3. The van der Waals surface area contributed by atoms with Gasteiger partial charge in [-0.3, -0.25) is 0 Å². The fourth-order valence-corrected chi connectivity index (χ4v) is 0.830. The van der Waals surface area contributed by atoms with E-state index in [-0.39, 0.29) is 5.75 Å². The SMILES string of the molecule is O=S(Oc1ccnnc1)C(F)(F)F. The molecule has 0 aliphatic carbocycles. The van der Waals surface area contributed by atoms with E-state index >= 15 is 0 Å². The fourth-order valence-electron chi connectivity index (χ4n) is 0.462. The van der Waals surface area contributed by atoms with Crippen molar-refractivity contribution in [2.24, 2.45) is 0 Å². The minimum absolute atomic E-state index is 0.245. The summed E-state index contributed by atoms with van der Waals surface area (Å²) < 4.78 is 49.4. The van der Waals surface area contributed by atoms with Crippen LogP contribution in [0, 0.1) is 0 Å². The minimum atomic E-state index is -4.89. The van der Waals surface area contributed by atoms with Gasteiger partial charge in [-0.15, -0.1) is 0 Å². The Morgan fingerprint density at radius 3 is 2.54 bits per heavy atom. The van der Waals surface area contributed by atoms with Crippen molar-refractivity contribution in [2.75, 3.05) is 0 Å². The summed E-state index contributed by atoms with van der Waals surface area (Å²) in [4.78, 5) is 0. The zero-order valence-electron chi connectivity index (χ0n) is 5.99. The lowest BCUT2D eigenvalue weighted by molar-refractivity contribution is -0.0437. The molecule has 1 heterocycles. The molecule has 0 radical (unpaired) electrons. The maximum atomic E-state index is 11.7. The lowest BCUT2D eigenvalue weighted by Gasteiger charge is -2.05. The fraction of sp³-hybridized carbons (Fsp3) is 0.200. The summed E-state index contributed by atoms with van der Waals surface area (Å²) in [7, 11) is 0. The molecule has 8 heteroatoms. The van der Waals surface area contributed by atoms with Crippen LogP contribution in [0.3, 0.4) is 0 Å². The molecule has 0 saturated heterocycles. The van der Waals surface area contributed by atoms with E-state index in [4.69, 9.17) is 0 Å². The maximum absolute atomic E-state index is 11.7. The summed E-state index contributed by atoms with van der Waals surface area (Å²) in [5, 5.41) is 6.55. The Morgan fingerprint density at radius 2 is 2.08 bits per heavy atom. The minimum Gasteiger partial charge on any atom is -0.392 e. The molecule has 1 atom stereocenters. The van der Waals surface area contributed by atoms with E-state index in [9.17, 15) is 17.4 Å². The molecule has 0 saturated carbocycles. The van der Waals surface area contributed by atoms with E-state index in [0.29, 0.717) is 0 Å². The van der Waals surface area contributed by atoms with Crippen LogP contribution in [0.25, 0.3) is 0 Å². The lowest BCUT2D eigenvalue weighted by atomic mass is 10.5. The summed E-state index contributed by atoms with van der Waals surface area (Å²) in [6.45, 7) is 0. The lowest BCUT2D eigenvalue weighted by Crippen LogP contribution is -2.20. The molecule has 0 spiro atoms. The van der Waals surface area contributed by atoms with Gasteiger partial charge < -0.3 is 4.18 Å². The Hall–Kier alpha value is -1.18. The van der Waals surface area contributed by atoms with Gasteiger partial charge in [-0.25, -0.2) is 4.21 Å². The zero-order chi connectivity index (χ0) is 9.90. The van der Waals surface area contributed by atoms with Gasteiger partial charge >= 0.3 is 16.6 Å². The molecule has 0 aliphatic rings. The van der Waals surface area contributed by atoms with Gasteiger partial charge in [0.15, 0.2) is 5.75 Å². The van der Waals surface area contributed by atoms with E-state index in [1.807, 2.05) is 0 Å². The Morgan fingerprint density at radius 1 is 1.38 bits per heavy atom. The molecular formula is C5H3F3N2O2S. The summed E-state index contributed by atoms with van der Waals surface area (Å²) in [6.07, 6.45) is 2.06. The first-order chi connectivity index (χ1) is 6.00. The smallest absolute Gasteiger partial charge is 0.392 e. The van der Waals surface area contributed by atoms with Crippen LogP contribution in [0.2, 0.25) is 0 Å². The molecule has 1 rings (SSSR count). The van der Waals surface area contributed by atoms with Crippen molar-refractivity contribution >= 4 is 11.1 Å². The second kappa shape index (κ2) is 3.69. The van der Waals surface area contributed by atoms with E-state index in [1.165, 1.54) is 0 Å². The molecule has 72 valence electrons. The third-order valence-corrected chi connectivity index (χ3v) is 1.64. The van der Waals surface area contributed by atoms with Crippen LogP contribution in [-0.2, 0) is 11.1 Å². The Labute approximate surface area is 73.4 Å². The normalized spacial score (nSPS) is 13.8. The van der Waals surface area contributed by atoms with Gasteiger partial charge in [0.05, 0.1) is 12.4 Å². The van der Waals surface area contributed by atoms with Crippen molar-refractivity contribution in [1.29, 1.82) is 0 Å². The first-order valence-electron chi connectivity index (χ1n) is 2.94. The molecular weight excluding hydrogens is 209 g/mol. The summed E-state index contributed by atoms with van der Waals surface area (Å²) in [5.74, 6) is -0.245. The number of aromatic nitrogens is 2. The third-order valence-electron chi connectivity index (χ3n) is 0.918. The van der Waals surface area contributed by atoms with Crippen molar-refractivity contribution in [3.8, 4) is 5.75 Å². The van der Waals surface area contributed by atoms with Crippen molar-refractivity contribution < 1.29 is 21.6 Å². The molecule has 13 heavy (non-hydrogen) atoms. The van der Waals surface area contributed by atoms with Gasteiger partial charge in [-0.2, -0.15) is 23.4 Å². The molecule has 0 N–H and O–H groups in total. The molecule has 0 fully saturated rings. The number of rotatable bonds is 2. The van der Waals surface area contributed by atoms with Crippen molar-refractivity contribution in [2.45, 2.75) is 5.51 Å². The van der Waals surface area contributed by atoms with Crippen molar-refractivity contribution in [3.63, 3.8) is 0 Å². The van der Waals surface area contributed by atoms with Gasteiger partial charge in [0.2, 0.25) is 0 Å². The predicted octanol–water partition coefficient (Wildman–Crippen LogP) is 1.04. The highest BCUT2D eigenvalue weighted by molar-refractivity contribution is 7.81. The summed E-state index contributed by atoms with van der Waals surface area (Å²) >= 11 is -3.36. The Balaban J connectivity index is 2.66. The van der Waals surface area contributed by atoms with Crippen LogP contribution < -0.4 is 4.18 Å². The van der Waals surface area contributed by atoms with Crippen LogP contribution in [0.1, 0.15) is 0 Å². The highest BCUT2D eigenvalue weighted by Crippen LogP contribution is 2.22. The van der Waals surface area contributed by atoms with Crippen LogP contribution in [0.15, 0.2) is 18.5 Å². The number of alkyl halides is 3. The first kappa shape index (κ1) is 9.90. The number of hydrogen-bond donors (Lipinski definition) is 0. The van der Waals surface area contributed by atoms with Gasteiger partial charge in [-0.1, -0.05) is 0 Å². The Kier molecular flexibility index (Phi) is 2.81. The molecule has 0 amide bonds. The van der Waals surface area contributed by atoms with E-state index < -0.39 is 16.6 Å².